The molecular weight excluding hydrogens is 350 g/mol. The van der Waals surface area contributed by atoms with E-state index in [1.54, 1.807) is 19.2 Å². The molecule has 0 saturated carbocycles. The van der Waals surface area contributed by atoms with Crippen LogP contribution in [-0.2, 0) is 9.59 Å². The SMILES string of the molecule is Cc1ccc(NC(=O)C[NH+](C)CC(=O)Nc2cccc(C)c2C)c(Cl)c1. The molecule has 0 fully saturated rings. The van der Waals surface area contributed by atoms with Crippen molar-refractivity contribution in [1.29, 1.82) is 0 Å². The van der Waals surface area contributed by atoms with Gasteiger partial charge in [0.15, 0.2) is 13.1 Å². The van der Waals surface area contributed by atoms with Crippen molar-refractivity contribution < 1.29 is 14.5 Å². The number of amides is 2. The van der Waals surface area contributed by atoms with Gasteiger partial charge in [0.2, 0.25) is 0 Å². The quantitative estimate of drug-likeness (QED) is 0.726. The number of nitrogens with one attached hydrogen (secondary N) is 3. The van der Waals surface area contributed by atoms with Crippen LogP contribution in [0.1, 0.15) is 16.7 Å². The Hall–Kier alpha value is -2.37. The topological polar surface area (TPSA) is 62.6 Å². The second kappa shape index (κ2) is 8.83. The summed E-state index contributed by atoms with van der Waals surface area (Å²) in [6.45, 7) is 6.28. The van der Waals surface area contributed by atoms with Crippen LogP contribution in [0.2, 0.25) is 5.02 Å². The van der Waals surface area contributed by atoms with E-state index in [1.165, 1.54) is 0 Å². The fourth-order valence-electron chi connectivity index (χ4n) is 2.61. The van der Waals surface area contributed by atoms with Gasteiger partial charge < -0.3 is 15.5 Å². The van der Waals surface area contributed by atoms with Crippen LogP contribution >= 0.6 is 11.6 Å². The zero-order chi connectivity index (χ0) is 19.3. The van der Waals surface area contributed by atoms with Crippen LogP contribution in [0.25, 0.3) is 0 Å². The Bertz CT molecular complexity index is 821. The number of hydrogen-bond donors (Lipinski definition) is 3. The van der Waals surface area contributed by atoms with Gasteiger partial charge in [0, 0.05) is 5.69 Å². The lowest BCUT2D eigenvalue weighted by molar-refractivity contribution is -0.862. The monoisotopic (exact) mass is 374 g/mol. The van der Waals surface area contributed by atoms with E-state index in [1.807, 2.05) is 45.0 Å². The molecule has 2 aromatic carbocycles. The molecule has 0 aliphatic heterocycles. The van der Waals surface area contributed by atoms with Crippen LogP contribution in [0.4, 0.5) is 11.4 Å². The van der Waals surface area contributed by atoms with E-state index in [-0.39, 0.29) is 24.9 Å². The third-order valence-corrected chi connectivity index (χ3v) is 4.51. The Morgan fingerprint density at radius 3 is 2.19 bits per heavy atom. The number of anilines is 2. The van der Waals surface area contributed by atoms with E-state index in [2.05, 4.69) is 10.6 Å². The summed E-state index contributed by atoms with van der Waals surface area (Å²) >= 11 is 6.13. The van der Waals surface area contributed by atoms with E-state index in [0.717, 1.165) is 27.3 Å². The highest BCUT2D eigenvalue weighted by molar-refractivity contribution is 6.33. The second-order valence-electron chi connectivity index (χ2n) is 6.64. The van der Waals surface area contributed by atoms with Crippen molar-refractivity contribution in [3.05, 3.63) is 58.1 Å². The van der Waals surface area contributed by atoms with Crippen molar-refractivity contribution in [2.24, 2.45) is 0 Å². The maximum atomic E-state index is 12.2. The molecular formula is C20H25ClN3O2+. The minimum absolute atomic E-state index is 0.127. The number of likely N-dealkylation sites (N-methyl/N-ethyl adjacent to an activating group) is 1. The molecule has 0 spiro atoms. The first-order chi connectivity index (χ1) is 12.3. The van der Waals surface area contributed by atoms with E-state index in [0.29, 0.717) is 10.7 Å². The Labute approximate surface area is 159 Å². The molecule has 26 heavy (non-hydrogen) atoms. The molecule has 0 bridgehead atoms. The van der Waals surface area contributed by atoms with Crippen LogP contribution in [-0.4, -0.2) is 32.0 Å². The van der Waals surface area contributed by atoms with Gasteiger partial charge in [-0.25, -0.2) is 0 Å². The predicted molar refractivity (Wildman–Crippen MR) is 106 cm³/mol. The number of halogens is 1. The molecule has 5 nitrogen and oxygen atoms in total. The van der Waals surface area contributed by atoms with Gasteiger partial charge >= 0.3 is 0 Å². The zero-order valence-corrected chi connectivity index (χ0v) is 16.3. The first-order valence-electron chi connectivity index (χ1n) is 8.49. The molecule has 0 aliphatic rings. The lowest BCUT2D eigenvalue weighted by atomic mass is 10.1. The summed E-state index contributed by atoms with van der Waals surface area (Å²) in [6.07, 6.45) is 0. The molecule has 2 rings (SSSR count). The van der Waals surface area contributed by atoms with Crippen LogP contribution in [0.5, 0.6) is 0 Å². The van der Waals surface area contributed by atoms with Crippen LogP contribution in [0.15, 0.2) is 36.4 Å². The van der Waals surface area contributed by atoms with Crippen molar-refractivity contribution in [2.45, 2.75) is 20.8 Å². The van der Waals surface area contributed by atoms with Crippen molar-refractivity contribution in [2.75, 3.05) is 30.8 Å². The smallest absolute Gasteiger partial charge is 0.279 e. The average Bonchev–Trinajstić information content (AvgIpc) is 2.54. The number of aryl methyl sites for hydroxylation is 2. The molecule has 6 heteroatoms. The summed E-state index contributed by atoms with van der Waals surface area (Å²) in [7, 11) is 1.80. The van der Waals surface area contributed by atoms with Crippen LogP contribution < -0.4 is 15.5 Å². The number of carbonyl (C=O) groups excluding carboxylic acids is 2. The van der Waals surface area contributed by atoms with Gasteiger partial charge in [-0.1, -0.05) is 29.8 Å². The highest BCUT2D eigenvalue weighted by Gasteiger charge is 2.16. The molecule has 0 aromatic heterocycles. The van der Waals surface area contributed by atoms with E-state index in [9.17, 15) is 9.59 Å². The molecule has 0 radical (unpaired) electrons. The van der Waals surface area contributed by atoms with Gasteiger partial charge in [-0.2, -0.15) is 0 Å². The number of benzene rings is 2. The van der Waals surface area contributed by atoms with Crippen molar-refractivity contribution in [3.8, 4) is 0 Å². The maximum Gasteiger partial charge on any atom is 0.279 e. The number of quaternary nitrogens is 1. The lowest BCUT2D eigenvalue weighted by Gasteiger charge is -2.15. The Morgan fingerprint density at radius 1 is 0.962 bits per heavy atom. The largest absolute Gasteiger partial charge is 0.322 e. The zero-order valence-electron chi connectivity index (χ0n) is 15.6. The highest BCUT2D eigenvalue weighted by atomic mass is 35.5. The Balaban J connectivity index is 1.87. The third-order valence-electron chi connectivity index (χ3n) is 4.20. The van der Waals surface area contributed by atoms with E-state index < -0.39 is 0 Å². The first kappa shape index (κ1) is 19.9. The molecule has 2 aromatic rings. The molecule has 0 saturated heterocycles. The normalized spacial score (nSPS) is 11.7. The van der Waals surface area contributed by atoms with Gasteiger partial charge in [-0.15, -0.1) is 0 Å². The molecule has 1 unspecified atom stereocenters. The summed E-state index contributed by atoms with van der Waals surface area (Å²) < 4.78 is 0. The first-order valence-corrected chi connectivity index (χ1v) is 8.87. The maximum absolute atomic E-state index is 12.2. The summed E-state index contributed by atoms with van der Waals surface area (Å²) in [4.78, 5) is 25.2. The van der Waals surface area contributed by atoms with Crippen molar-refractivity contribution in [3.63, 3.8) is 0 Å². The highest BCUT2D eigenvalue weighted by Crippen LogP contribution is 2.22. The molecule has 138 valence electrons. The lowest BCUT2D eigenvalue weighted by Crippen LogP contribution is -3.11. The third kappa shape index (κ3) is 5.58. The Kier molecular flexibility index (Phi) is 6.77. The predicted octanol–water partition coefficient (Wildman–Crippen LogP) is 2.36. The second-order valence-corrected chi connectivity index (χ2v) is 7.04. The van der Waals surface area contributed by atoms with Crippen LogP contribution in [0.3, 0.4) is 0 Å². The molecule has 0 aliphatic carbocycles. The van der Waals surface area contributed by atoms with Gasteiger partial charge in [0.05, 0.1) is 17.8 Å². The van der Waals surface area contributed by atoms with Gasteiger partial charge in [0.25, 0.3) is 11.8 Å². The summed E-state index contributed by atoms with van der Waals surface area (Å²) in [5.74, 6) is -0.315. The minimum Gasteiger partial charge on any atom is -0.322 e. The molecule has 3 N–H and O–H groups in total. The fraction of sp³-hybridized carbons (Fsp3) is 0.300. The fourth-order valence-corrected chi connectivity index (χ4v) is 2.89. The van der Waals surface area contributed by atoms with Crippen molar-refractivity contribution >= 4 is 34.8 Å². The van der Waals surface area contributed by atoms with Gasteiger partial charge in [0.1, 0.15) is 0 Å². The van der Waals surface area contributed by atoms with Crippen LogP contribution in [0, 0.1) is 20.8 Å². The molecule has 0 heterocycles. The standard InChI is InChI=1S/C20H24ClN3O2/c1-13-8-9-18(16(21)10-13)23-20(26)12-24(4)11-19(25)22-17-7-5-6-14(2)15(17)3/h5-10H,11-12H2,1-4H3,(H,22,25)(H,23,26)/p+1. The molecule has 1 atom stereocenters. The summed E-state index contributed by atoms with van der Waals surface area (Å²) in [5.41, 5.74) is 4.58. The van der Waals surface area contributed by atoms with E-state index in [4.69, 9.17) is 11.6 Å². The summed E-state index contributed by atoms with van der Waals surface area (Å²) in [5, 5.41) is 6.20. The van der Waals surface area contributed by atoms with Gasteiger partial charge in [-0.3, -0.25) is 9.59 Å². The number of carbonyl (C=O) groups is 2. The minimum atomic E-state index is -0.187. The molecule has 2 amide bonds. The van der Waals surface area contributed by atoms with Crippen molar-refractivity contribution in [1.82, 2.24) is 0 Å². The number of hydrogen-bond acceptors (Lipinski definition) is 2. The average molecular weight is 375 g/mol. The Morgan fingerprint density at radius 2 is 1.58 bits per heavy atom. The summed E-state index contributed by atoms with van der Waals surface area (Å²) in [6, 6.07) is 11.2. The number of rotatable bonds is 6. The van der Waals surface area contributed by atoms with Gasteiger partial charge in [-0.05, 0) is 55.7 Å². The van der Waals surface area contributed by atoms with E-state index >= 15 is 0 Å².